The van der Waals surface area contributed by atoms with Gasteiger partial charge in [0.05, 0.1) is 6.61 Å². The summed E-state index contributed by atoms with van der Waals surface area (Å²) in [6.45, 7) is 5.86. The van der Waals surface area contributed by atoms with Crippen molar-refractivity contribution in [2.24, 2.45) is 0 Å². The van der Waals surface area contributed by atoms with Crippen molar-refractivity contribution >= 4 is 28.5 Å². The fourth-order valence-electron chi connectivity index (χ4n) is 4.56. The van der Waals surface area contributed by atoms with Crippen molar-refractivity contribution in [1.29, 1.82) is 0 Å². The summed E-state index contributed by atoms with van der Waals surface area (Å²) in [7, 11) is 1.59. The van der Waals surface area contributed by atoms with Crippen LogP contribution >= 0.6 is 0 Å². The highest BCUT2D eigenvalue weighted by Gasteiger charge is 2.22. The van der Waals surface area contributed by atoms with Gasteiger partial charge in [0.2, 0.25) is 5.91 Å². The molecule has 0 saturated carbocycles. The normalized spacial score (nSPS) is 11.1. The minimum atomic E-state index is -0.325. The topological polar surface area (TPSA) is 77.7 Å². The van der Waals surface area contributed by atoms with E-state index in [9.17, 15) is 9.59 Å². The number of amides is 3. The Labute approximate surface area is 230 Å². The van der Waals surface area contributed by atoms with Gasteiger partial charge in [-0.2, -0.15) is 0 Å². The molecule has 0 fully saturated rings. The number of urea groups is 1. The summed E-state index contributed by atoms with van der Waals surface area (Å²) in [5, 5.41) is 4.10. The molecule has 0 unspecified atom stereocenters. The standard InChI is InChI=1S/C32H38N4O3/c1-24(2)26-13-15-28(16-14-26)34-32(38)36(19-20-39-3)23-31(37)35(22-25-9-5-4-6-10-25)18-17-27-21-33-30-12-8-7-11-29(27)30/h4-16,21,24,33H,17-20,22-23H2,1-3H3,(H,34,38). The van der Waals surface area contributed by atoms with Crippen LogP contribution in [0.4, 0.5) is 10.5 Å². The monoisotopic (exact) mass is 526 g/mol. The largest absolute Gasteiger partial charge is 0.383 e. The number of ether oxygens (including phenoxy) is 1. The number of aromatic nitrogens is 1. The maximum absolute atomic E-state index is 13.7. The van der Waals surface area contributed by atoms with Gasteiger partial charge in [-0.05, 0) is 47.2 Å². The number of anilines is 1. The van der Waals surface area contributed by atoms with Crippen LogP contribution < -0.4 is 5.32 Å². The maximum Gasteiger partial charge on any atom is 0.322 e. The first-order chi connectivity index (χ1) is 18.9. The predicted octanol–water partition coefficient (Wildman–Crippen LogP) is 6.04. The van der Waals surface area contributed by atoms with Crippen molar-refractivity contribution in [2.45, 2.75) is 32.7 Å². The zero-order chi connectivity index (χ0) is 27.6. The Kier molecular flexibility index (Phi) is 9.75. The third kappa shape index (κ3) is 7.71. The molecule has 0 aliphatic rings. The molecule has 0 spiro atoms. The Morgan fingerprint density at radius 2 is 1.62 bits per heavy atom. The number of carbonyl (C=O) groups is 2. The van der Waals surface area contributed by atoms with Crippen LogP contribution in [0.5, 0.6) is 0 Å². The lowest BCUT2D eigenvalue weighted by molar-refractivity contribution is -0.132. The summed E-state index contributed by atoms with van der Waals surface area (Å²) < 4.78 is 5.24. The van der Waals surface area contributed by atoms with Gasteiger partial charge in [0, 0.05) is 49.5 Å². The molecule has 0 aliphatic heterocycles. The average molecular weight is 527 g/mol. The first kappa shape index (κ1) is 27.9. The molecule has 1 aromatic heterocycles. The van der Waals surface area contributed by atoms with Gasteiger partial charge in [-0.15, -0.1) is 0 Å². The first-order valence-corrected chi connectivity index (χ1v) is 13.5. The molecule has 0 saturated heterocycles. The molecule has 39 heavy (non-hydrogen) atoms. The summed E-state index contributed by atoms with van der Waals surface area (Å²) in [6, 6.07) is 25.6. The van der Waals surface area contributed by atoms with Crippen LogP contribution in [0.15, 0.2) is 85.1 Å². The van der Waals surface area contributed by atoms with Crippen molar-refractivity contribution in [3.8, 4) is 0 Å². The lowest BCUT2D eigenvalue weighted by Gasteiger charge is -2.28. The summed E-state index contributed by atoms with van der Waals surface area (Å²) in [5.74, 6) is 0.297. The van der Waals surface area contributed by atoms with Gasteiger partial charge in [-0.3, -0.25) is 4.79 Å². The number of hydrogen-bond donors (Lipinski definition) is 2. The Bertz CT molecular complexity index is 1350. The van der Waals surface area contributed by atoms with Crippen LogP contribution in [-0.4, -0.2) is 60.1 Å². The van der Waals surface area contributed by atoms with Crippen LogP contribution in [0.2, 0.25) is 0 Å². The molecule has 2 N–H and O–H groups in total. The molecule has 0 bridgehead atoms. The van der Waals surface area contributed by atoms with Gasteiger partial charge in [0.15, 0.2) is 0 Å². The number of H-pyrrole nitrogens is 1. The van der Waals surface area contributed by atoms with E-state index in [0.29, 0.717) is 44.3 Å². The van der Waals surface area contributed by atoms with Crippen molar-refractivity contribution < 1.29 is 14.3 Å². The second-order valence-corrected chi connectivity index (χ2v) is 10.0. The maximum atomic E-state index is 13.7. The van der Waals surface area contributed by atoms with E-state index < -0.39 is 0 Å². The molecule has 3 aromatic carbocycles. The SMILES string of the molecule is COCCN(CC(=O)N(CCc1c[nH]c2ccccc12)Cc1ccccc1)C(=O)Nc1ccc(C(C)C)cc1. The average Bonchev–Trinajstić information content (AvgIpc) is 3.37. The van der Waals surface area contributed by atoms with Crippen LogP contribution in [0.3, 0.4) is 0 Å². The minimum absolute atomic E-state index is 0.0417. The number of para-hydroxylation sites is 1. The minimum Gasteiger partial charge on any atom is -0.383 e. The van der Waals surface area contributed by atoms with Crippen LogP contribution in [0.25, 0.3) is 10.9 Å². The van der Waals surface area contributed by atoms with Crippen molar-refractivity contribution in [3.05, 3.63) is 102 Å². The molecule has 0 aliphatic carbocycles. The Balaban J connectivity index is 1.48. The van der Waals surface area contributed by atoms with Gasteiger partial charge < -0.3 is 24.8 Å². The molecule has 3 amide bonds. The Morgan fingerprint density at radius 3 is 2.33 bits per heavy atom. The number of methoxy groups -OCH3 is 1. The van der Waals surface area contributed by atoms with Gasteiger partial charge in [-0.1, -0.05) is 74.5 Å². The molecule has 0 atom stereocenters. The molecule has 7 heteroatoms. The highest BCUT2D eigenvalue weighted by Crippen LogP contribution is 2.20. The lowest BCUT2D eigenvalue weighted by Crippen LogP contribution is -2.46. The van der Waals surface area contributed by atoms with Gasteiger partial charge in [0.1, 0.15) is 6.54 Å². The number of carbonyl (C=O) groups excluding carboxylic acids is 2. The van der Waals surface area contributed by atoms with Gasteiger partial charge >= 0.3 is 6.03 Å². The number of nitrogens with zero attached hydrogens (tertiary/aromatic N) is 2. The van der Waals surface area contributed by atoms with E-state index in [4.69, 9.17) is 4.74 Å². The van der Waals surface area contributed by atoms with Crippen molar-refractivity contribution in [3.63, 3.8) is 0 Å². The van der Waals surface area contributed by atoms with Crippen molar-refractivity contribution in [2.75, 3.05) is 38.7 Å². The number of rotatable bonds is 12. The predicted molar refractivity (Wildman–Crippen MR) is 157 cm³/mol. The number of nitrogens with one attached hydrogen (secondary N) is 2. The number of hydrogen-bond acceptors (Lipinski definition) is 3. The summed E-state index contributed by atoms with van der Waals surface area (Å²) in [6.07, 6.45) is 2.72. The molecule has 4 rings (SSSR count). The second kappa shape index (κ2) is 13.6. The summed E-state index contributed by atoms with van der Waals surface area (Å²) in [5.41, 5.74) is 5.18. The zero-order valence-electron chi connectivity index (χ0n) is 23.0. The molecule has 4 aromatic rings. The highest BCUT2D eigenvalue weighted by molar-refractivity contribution is 5.92. The lowest BCUT2D eigenvalue weighted by atomic mass is 10.0. The number of aromatic amines is 1. The van der Waals surface area contributed by atoms with Gasteiger partial charge in [0.25, 0.3) is 0 Å². The van der Waals surface area contributed by atoms with Crippen molar-refractivity contribution in [1.82, 2.24) is 14.8 Å². The Morgan fingerprint density at radius 1 is 0.897 bits per heavy atom. The third-order valence-electron chi connectivity index (χ3n) is 6.90. The van der Waals surface area contributed by atoms with Crippen LogP contribution in [-0.2, 0) is 22.5 Å². The molecular formula is C32H38N4O3. The number of benzene rings is 3. The summed E-state index contributed by atoms with van der Waals surface area (Å²) >= 11 is 0. The van der Waals surface area contributed by atoms with Crippen LogP contribution in [0.1, 0.15) is 36.5 Å². The van der Waals surface area contributed by atoms with E-state index in [1.54, 1.807) is 7.11 Å². The smallest absolute Gasteiger partial charge is 0.322 e. The fraction of sp³-hybridized carbons (Fsp3) is 0.312. The van der Waals surface area contributed by atoms with Gasteiger partial charge in [-0.25, -0.2) is 4.79 Å². The quantitative estimate of drug-likeness (QED) is 0.236. The molecule has 0 radical (unpaired) electrons. The zero-order valence-corrected chi connectivity index (χ0v) is 23.0. The molecule has 1 heterocycles. The van der Waals surface area contributed by atoms with E-state index >= 15 is 0 Å². The Hall–Kier alpha value is -4.10. The fourth-order valence-corrected chi connectivity index (χ4v) is 4.56. The first-order valence-electron chi connectivity index (χ1n) is 13.5. The number of fused-ring (bicyclic) bond motifs is 1. The molecular weight excluding hydrogens is 488 g/mol. The van der Waals surface area contributed by atoms with E-state index in [2.05, 4.69) is 30.2 Å². The van der Waals surface area contributed by atoms with E-state index in [-0.39, 0.29) is 18.5 Å². The highest BCUT2D eigenvalue weighted by atomic mass is 16.5. The van der Waals surface area contributed by atoms with E-state index in [1.807, 2.05) is 83.9 Å². The van der Waals surface area contributed by atoms with E-state index in [0.717, 1.165) is 22.0 Å². The molecule has 7 nitrogen and oxygen atoms in total. The second-order valence-electron chi connectivity index (χ2n) is 10.0. The van der Waals surface area contributed by atoms with E-state index in [1.165, 1.54) is 10.5 Å². The third-order valence-corrected chi connectivity index (χ3v) is 6.90. The molecule has 204 valence electrons. The summed E-state index contributed by atoms with van der Waals surface area (Å²) in [4.78, 5) is 33.6. The van der Waals surface area contributed by atoms with Crippen LogP contribution in [0, 0.1) is 0 Å².